The molecule has 2 N–H and O–H groups in total. The summed E-state index contributed by atoms with van der Waals surface area (Å²) in [5.41, 5.74) is 1.72. The average molecular weight is 499 g/mol. The van der Waals surface area contributed by atoms with E-state index in [0.717, 1.165) is 5.39 Å². The van der Waals surface area contributed by atoms with Gasteiger partial charge in [0.15, 0.2) is 0 Å². The third kappa shape index (κ3) is 4.35. The molecule has 3 aromatic rings. The van der Waals surface area contributed by atoms with Crippen LogP contribution in [0.15, 0.2) is 49.4 Å². The molecular weight excluding hydrogens is 468 g/mol. The van der Waals surface area contributed by atoms with Crippen molar-refractivity contribution < 1.29 is 9.59 Å². The summed E-state index contributed by atoms with van der Waals surface area (Å²) in [6.07, 6.45) is 9.55. The molecule has 2 amide bonds. The third-order valence-corrected chi connectivity index (χ3v) is 7.84. The van der Waals surface area contributed by atoms with Gasteiger partial charge in [0.2, 0.25) is 11.8 Å². The summed E-state index contributed by atoms with van der Waals surface area (Å²) in [6.45, 7) is 8.68. The maximum absolute atomic E-state index is 13.8. The number of carbonyl (C=O) groups excluding carboxylic acids is 2. The van der Waals surface area contributed by atoms with Crippen LogP contribution in [0.1, 0.15) is 39.3 Å². The van der Waals surface area contributed by atoms with Gasteiger partial charge in [-0.2, -0.15) is 5.26 Å². The van der Waals surface area contributed by atoms with Crippen LogP contribution in [0.25, 0.3) is 10.9 Å². The molecule has 1 aliphatic heterocycles. The Kier molecular flexibility index (Phi) is 6.23. The molecule has 190 valence electrons. The fourth-order valence-corrected chi connectivity index (χ4v) is 5.70. The van der Waals surface area contributed by atoms with E-state index < -0.39 is 18.1 Å². The largest absolute Gasteiger partial charge is 0.371 e. The minimum absolute atomic E-state index is 0.0208. The van der Waals surface area contributed by atoms with Gasteiger partial charge in [-0.15, -0.1) is 0 Å². The Balaban J connectivity index is 1.41. The summed E-state index contributed by atoms with van der Waals surface area (Å²) in [5.74, 6) is -0.282. The van der Waals surface area contributed by atoms with Crippen molar-refractivity contribution in [1.82, 2.24) is 30.2 Å². The normalized spacial score (nSPS) is 23.1. The van der Waals surface area contributed by atoms with Crippen LogP contribution in [0.5, 0.6) is 0 Å². The highest BCUT2D eigenvalue weighted by molar-refractivity contribution is 5.93. The van der Waals surface area contributed by atoms with Crippen LogP contribution in [0.3, 0.4) is 0 Å². The number of nitrogens with one attached hydrogen (secondary N) is 2. The Morgan fingerprint density at radius 3 is 2.62 bits per heavy atom. The number of likely N-dealkylation sites (tertiary alicyclic amines) is 1. The van der Waals surface area contributed by atoms with Crippen molar-refractivity contribution in [2.75, 3.05) is 11.9 Å². The van der Waals surface area contributed by atoms with Crippen molar-refractivity contribution in [1.29, 1.82) is 5.26 Å². The lowest BCUT2D eigenvalue weighted by Crippen LogP contribution is -2.55. The monoisotopic (exact) mass is 498 g/mol. The minimum Gasteiger partial charge on any atom is -0.371 e. The van der Waals surface area contributed by atoms with E-state index in [1.165, 1.54) is 6.33 Å². The zero-order valence-corrected chi connectivity index (χ0v) is 21.3. The predicted octanol–water partition coefficient (Wildman–Crippen LogP) is 2.72. The molecule has 0 spiro atoms. The maximum atomic E-state index is 13.8. The summed E-state index contributed by atoms with van der Waals surface area (Å²) in [5, 5.41) is 16.9. The highest BCUT2D eigenvalue weighted by atomic mass is 16.2. The first kappa shape index (κ1) is 24.6. The van der Waals surface area contributed by atoms with Crippen molar-refractivity contribution >= 4 is 28.4 Å². The van der Waals surface area contributed by atoms with E-state index in [1.54, 1.807) is 42.0 Å². The summed E-state index contributed by atoms with van der Waals surface area (Å²) in [7, 11) is 0. The molecule has 0 bridgehead atoms. The first-order valence-electron chi connectivity index (χ1n) is 12.4. The molecule has 5 rings (SSSR count). The quantitative estimate of drug-likeness (QED) is 0.507. The van der Waals surface area contributed by atoms with Crippen LogP contribution < -0.4 is 10.6 Å². The standard InChI is InChI=1S/C27H30N8O2/c1-15(2)22(33-17-10-30-14-31-11-17)26(37)35-13-19-21(27(19,3)4)24(35)25(36)34-20(8-28)18-12-29-9-16-6-5-7-32-23(16)18/h5-7,9-12,14-15,19-22,24,33H,13H2,1-4H3,(H,34,36)/t19-,20?,21-,22-,24-/m0/s1. The van der Waals surface area contributed by atoms with E-state index in [2.05, 4.69) is 50.5 Å². The Morgan fingerprint density at radius 1 is 1.16 bits per heavy atom. The van der Waals surface area contributed by atoms with Crippen molar-refractivity contribution in [3.05, 3.63) is 55.0 Å². The smallest absolute Gasteiger partial charge is 0.246 e. The second-order valence-corrected chi connectivity index (χ2v) is 10.8. The molecule has 3 aromatic heterocycles. The van der Waals surface area contributed by atoms with E-state index in [9.17, 15) is 14.9 Å². The number of fused-ring (bicyclic) bond motifs is 2. The van der Waals surface area contributed by atoms with Crippen LogP contribution in [0.4, 0.5) is 5.69 Å². The highest BCUT2D eigenvalue weighted by Crippen LogP contribution is 2.65. The predicted molar refractivity (Wildman–Crippen MR) is 137 cm³/mol. The van der Waals surface area contributed by atoms with Gasteiger partial charge in [0.05, 0.1) is 29.7 Å². The van der Waals surface area contributed by atoms with E-state index in [-0.39, 0.29) is 35.0 Å². The molecule has 10 heteroatoms. The van der Waals surface area contributed by atoms with Crippen LogP contribution in [0, 0.1) is 34.5 Å². The van der Waals surface area contributed by atoms with Gasteiger partial charge >= 0.3 is 0 Å². The lowest BCUT2D eigenvalue weighted by molar-refractivity contribution is -0.141. The molecular formula is C27H30N8O2. The topological polar surface area (TPSA) is 137 Å². The fourth-order valence-electron chi connectivity index (χ4n) is 5.70. The number of anilines is 1. The summed E-state index contributed by atoms with van der Waals surface area (Å²) < 4.78 is 0. The lowest BCUT2D eigenvalue weighted by atomic mass is 9.97. The number of hydrogen-bond acceptors (Lipinski definition) is 8. The molecule has 1 saturated carbocycles. The molecule has 5 atom stereocenters. The number of pyridine rings is 2. The van der Waals surface area contributed by atoms with Crippen molar-refractivity contribution in [3.8, 4) is 6.07 Å². The van der Waals surface area contributed by atoms with Crippen molar-refractivity contribution in [2.45, 2.75) is 45.8 Å². The summed E-state index contributed by atoms with van der Waals surface area (Å²) in [4.78, 5) is 46.0. The van der Waals surface area contributed by atoms with Gasteiger partial charge in [-0.3, -0.25) is 19.6 Å². The first-order chi connectivity index (χ1) is 17.7. The average Bonchev–Trinajstić information content (AvgIpc) is 3.22. The molecule has 37 heavy (non-hydrogen) atoms. The number of amides is 2. The number of aromatic nitrogens is 4. The second kappa shape index (κ2) is 9.39. The van der Waals surface area contributed by atoms with E-state index >= 15 is 0 Å². The molecule has 0 radical (unpaired) electrons. The summed E-state index contributed by atoms with van der Waals surface area (Å²) in [6, 6.07) is 3.67. The molecule has 1 unspecified atom stereocenters. The van der Waals surface area contributed by atoms with Gasteiger partial charge in [-0.05, 0) is 35.3 Å². The molecule has 4 heterocycles. The van der Waals surface area contributed by atoms with Gasteiger partial charge in [-0.25, -0.2) is 9.97 Å². The SMILES string of the molecule is CC(C)[C@H](Nc1cncnc1)C(=O)N1C[C@H]2[C@@H]([C@H]1C(=O)NC(C#N)c1cncc3cccnc13)C2(C)C. The fraction of sp³-hybridized carbons (Fsp3) is 0.444. The third-order valence-electron chi connectivity index (χ3n) is 7.84. The number of nitriles is 1. The van der Waals surface area contributed by atoms with Crippen molar-refractivity contribution in [3.63, 3.8) is 0 Å². The molecule has 2 aliphatic rings. The molecule has 2 fully saturated rings. The second-order valence-electron chi connectivity index (χ2n) is 10.8. The van der Waals surface area contributed by atoms with Gasteiger partial charge in [-0.1, -0.05) is 27.7 Å². The Labute approximate surface area is 215 Å². The number of rotatable bonds is 7. The molecule has 1 saturated heterocycles. The minimum atomic E-state index is -0.947. The van der Waals surface area contributed by atoms with Crippen LogP contribution in [-0.4, -0.2) is 55.3 Å². The Hall–Kier alpha value is -4.13. The molecule has 0 aromatic carbocycles. The number of hydrogen-bond donors (Lipinski definition) is 2. The maximum Gasteiger partial charge on any atom is 0.246 e. The van der Waals surface area contributed by atoms with Crippen molar-refractivity contribution in [2.24, 2.45) is 23.2 Å². The number of piperidine rings is 1. The van der Waals surface area contributed by atoms with Gasteiger partial charge in [0.1, 0.15) is 24.5 Å². The zero-order chi connectivity index (χ0) is 26.3. The Bertz CT molecular complexity index is 1360. The van der Waals surface area contributed by atoms with E-state index in [4.69, 9.17) is 0 Å². The van der Waals surface area contributed by atoms with Crippen LogP contribution in [0.2, 0.25) is 0 Å². The van der Waals surface area contributed by atoms with Gasteiger partial charge in [0.25, 0.3) is 0 Å². The molecule has 1 aliphatic carbocycles. The van der Waals surface area contributed by atoms with E-state index in [0.29, 0.717) is 23.3 Å². The lowest BCUT2D eigenvalue weighted by Gasteiger charge is -2.34. The first-order valence-corrected chi connectivity index (χ1v) is 12.4. The van der Waals surface area contributed by atoms with Crippen LogP contribution >= 0.6 is 0 Å². The van der Waals surface area contributed by atoms with E-state index in [1.807, 2.05) is 19.9 Å². The van der Waals surface area contributed by atoms with Crippen LogP contribution in [-0.2, 0) is 9.59 Å². The van der Waals surface area contributed by atoms with Gasteiger partial charge in [0, 0.05) is 36.1 Å². The molecule has 10 nitrogen and oxygen atoms in total. The van der Waals surface area contributed by atoms with Gasteiger partial charge < -0.3 is 15.5 Å². The number of carbonyl (C=O) groups is 2. The number of nitrogens with zero attached hydrogens (tertiary/aromatic N) is 6. The highest BCUT2D eigenvalue weighted by Gasteiger charge is 2.69. The zero-order valence-electron chi connectivity index (χ0n) is 21.3. The Morgan fingerprint density at radius 2 is 1.92 bits per heavy atom. The summed E-state index contributed by atoms with van der Waals surface area (Å²) >= 11 is 0.